The van der Waals surface area contributed by atoms with Crippen LogP contribution in [0.15, 0.2) is 30.5 Å². The fourth-order valence-corrected chi connectivity index (χ4v) is 2.43. The maximum Gasteiger partial charge on any atom is 0.276 e. The fourth-order valence-electron chi connectivity index (χ4n) is 2.43. The minimum Gasteiger partial charge on any atom is -0.368 e. The van der Waals surface area contributed by atoms with Crippen LogP contribution in [0, 0.1) is 5.82 Å². The van der Waals surface area contributed by atoms with E-state index in [4.69, 9.17) is 0 Å². The van der Waals surface area contributed by atoms with Crippen LogP contribution >= 0.6 is 0 Å². The van der Waals surface area contributed by atoms with Gasteiger partial charge in [-0.1, -0.05) is 5.21 Å². The summed E-state index contributed by atoms with van der Waals surface area (Å²) in [6.45, 7) is 2.68. The van der Waals surface area contributed by atoms with E-state index in [1.54, 1.807) is 30.3 Å². The van der Waals surface area contributed by atoms with Crippen molar-refractivity contribution >= 4 is 11.6 Å². The van der Waals surface area contributed by atoms with E-state index in [9.17, 15) is 9.18 Å². The van der Waals surface area contributed by atoms with Crippen molar-refractivity contribution < 1.29 is 9.18 Å². The fraction of sp³-hybridized carbons (Fsp3) is 0.357. The number of nitrogens with zero attached hydrogens (tertiary/aromatic N) is 5. The highest BCUT2D eigenvalue weighted by Crippen LogP contribution is 2.17. The molecule has 1 fully saturated rings. The molecule has 21 heavy (non-hydrogen) atoms. The monoisotopic (exact) mass is 289 g/mol. The summed E-state index contributed by atoms with van der Waals surface area (Å²) >= 11 is 0. The maximum atomic E-state index is 12.9. The Morgan fingerprint density at radius 2 is 1.81 bits per heavy atom. The Morgan fingerprint density at radius 3 is 2.38 bits per heavy atom. The molecule has 0 spiro atoms. The zero-order valence-electron chi connectivity index (χ0n) is 11.7. The van der Waals surface area contributed by atoms with Crippen molar-refractivity contribution in [2.24, 2.45) is 7.05 Å². The second-order valence-corrected chi connectivity index (χ2v) is 5.03. The summed E-state index contributed by atoms with van der Waals surface area (Å²) in [6, 6.07) is 6.42. The maximum absolute atomic E-state index is 12.9. The second-order valence-electron chi connectivity index (χ2n) is 5.03. The summed E-state index contributed by atoms with van der Waals surface area (Å²) < 4.78 is 14.4. The minimum absolute atomic E-state index is 0.0955. The quantitative estimate of drug-likeness (QED) is 0.825. The van der Waals surface area contributed by atoms with Gasteiger partial charge in [0.2, 0.25) is 0 Å². The smallest absolute Gasteiger partial charge is 0.276 e. The number of benzene rings is 1. The van der Waals surface area contributed by atoms with Gasteiger partial charge in [0.15, 0.2) is 5.69 Å². The molecule has 6 nitrogen and oxygen atoms in total. The van der Waals surface area contributed by atoms with E-state index in [-0.39, 0.29) is 11.7 Å². The Bertz CT molecular complexity index is 631. The van der Waals surface area contributed by atoms with Gasteiger partial charge in [0.25, 0.3) is 5.91 Å². The lowest BCUT2D eigenvalue weighted by Crippen LogP contribution is -2.48. The summed E-state index contributed by atoms with van der Waals surface area (Å²) in [5, 5.41) is 7.62. The Morgan fingerprint density at radius 1 is 1.14 bits per heavy atom. The highest BCUT2D eigenvalue weighted by Gasteiger charge is 2.24. The van der Waals surface area contributed by atoms with E-state index in [1.807, 2.05) is 0 Å². The molecule has 2 heterocycles. The molecule has 1 aliphatic heterocycles. The molecule has 0 N–H and O–H groups in total. The van der Waals surface area contributed by atoms with Crippen LogP contribution in [0.1, 0.15) is 10.5 Å². The SMILES string of the molecule is Cn1cc(C(=O)N2CCN(c3ccc(F)cc3)CC2)nn1. The number of carbonyl (C=O) groups excluding carboxylic acids is 1. The van der Waals surface area contributed by atoms with Crippen LogP contribution < -0.4 is 4.90 Å². The zero-order valence-corrected chi connectivity index (χ0v) is 11.7. The Labute approximate surface area is 121 Å². The lowest BCUT2D eigenvalue weighted by atomic mass is 10.2. The highest BCUT2D eigenvalue weighted by atomic mass is 19.1. The van der Waals surface area contributed by atoms with Crippen molar-refractivity contribution in [1.82, 2.24) is 19.9 Å². The Kier molecular flexibility index (Phi) is 3.55. The lowest BCUT2D eigenvalue weighted by molar-refractivity contribution is 0.0740. The van der Waals surface area contributed by atoms with Gasteiger partial charge in [-0.15, -0.1) is 5.10 Å². The predicted molar refractivity (Wildman–Crippen MR) is 75.5 cm³/mol. The van der Waals surface area contributed by atoms with Crippen LogP contribution in [-0.4, -0.2) is 52.0 Å². The number of hydrogen-bond donors (Lipinski definition) is 0. The van der Waals surface area contributed by atoms with Crippen molar-refractivity contribution in [3.63, 3.8) is 0 Å². The minimum atomic E-state index is -0.241. The van der Waals surface area contributed by atoms with E-state index in [0.717, 1.165) is 18.8 Å². The summed E-state index contributed by atoms with van der Waals surface area (Å²) in [5.41, 5.74) is 1.34. The molecule has 3 rings (SSSR count). The first kappa shape index (κ1) is 13.5. The van der Waals surface area contributed by atoms with Crippen molar-refractivity contribution in [3.05, 3.63) is 42.0 Å². The molecule has 110 valence electrons. The van der Waals surface area contributed by atoms with E-state index >= 15 is 0 Å². The molecule has 0 bridgehead atoms. The third-order valence-corrected chi connectivity index (χ3v) is 3.58. The average Bonchev–Trinajstić information content (AvgIpc) is 2.94. The molecule has 7 heteroatoms. The molecular formula is C14H16FN5O. The van der Waals surface area contributed by atoms with Gasteiger partial charge in [-0.25, -0.2) is 4.39 Å². The first-order valence-electron chi connectivity index (χ1n) is 6.79. The first-order valence-corrected chi connectivity index (χ1v) is 6.79. The van der Waals surface area contributed by atoms with E-state index in [0.29, 0.717) is 18.8 Å². The molecule has 0 aliphatic carbocycles. The number of aromatic nitrogens is 3. The van der Waals surface area contributed by atoms with Gasteiger partial charge in [-0.2, -0.15) is 0 Å². The molecule has 1 saturated heterocycles. The topological polar surface area (TPSA) is 54.3 Å². The number of aryl methyl sites for hydroxylation is 1. The van der Waals surface area contributed by atoms with Crippen LogP contribution in [0.25, 0.3) is 0 Å². The molecule has 0 radical (unpaired) electrons. The van der Waals surface area contributed by atoms with Gasteiger partial charge in [0, 0.05) is 38.9 Å². The molecule has 0 saturated carbocycles. The number of hydrogen-bond acceptors (Lipinski definition) is 4. The number of carbonyl (C=O) groups is 1. The van der Waals surface area contributed by atoms with E-state index < -0.39 is 0 Å². The van der Waals surface area contributed by atoms with Crippen LogP contribution in [-0.2, 0) is 7.05 Å². The number of piperazine rings is 1. The largest absolute Gasteiger partial charge is 0.368 e. The molecule has 1 aliphatic rings. The number of amides is 1. The summed E-state index contributed by atoms with van der Waals surface area (Å²) in [7, 11) is 1.73. The third-order valence-electron chi connectivity index (χ3n) is 3.58. The Hall–Kier alpha value is -2.44. The number of rotatable bonds is 2. The van der Waals surface area contributed by atoms with Crippen molar-refractivity contribution in [3.8, 4) is 0 Å². The van der Waals surface area contributed by atoms with Crippen LogP contribution in [0.4, 0.5) is 10.1 Å². The van der Waals surface area contributed by atoms with Gasteiger partial charge in [-0.3, -0.25) is 9.48 Å². The summed E-state index contributed by atoms with van der Waals surface area (Å²) in [6.07, 6.45) is 1.62. The third kappa shape index (κ3) is 2.86. The van der Waals surface area contributed by atoms with Gasteiger partial charge in [0.1, 0.15) is 5.82 Å². The first-order chi connectivity index (χ1) is 10.1. The molecule has 1 amide bonds. The van der Waals surface area contributed by atoms with E-state index in [2.05, 4.69) is 15.2 Å². The second kappa shape index (κ2) is 5.51. The molecular weight excluding hydrogens is 273 g/mol. The molecule has 0 atom stereocenters. The standard InChI is InChI=1S/C14H16FN5O/c1-18-10-13(16-17-18)14(21)20-8-6-19(7-9-20)12-4-2-11(15)3-5-12/h2-5,10H,6-9H2,1H3. The summed E-state index contributed by atoms with van der Waals surface area (Å²) in [4.78, 5) is 16.1. The highest BCUT2D eigenvalue weighted by molar-refractivity contribution is 5.92. The molecule has 0 unspecified atom stereocenters. The predicted octanol–water partition coefficient (Wildman–Crippen LogP) is 0.917. The van der Waals surface area contributed by atoms with Gasteiger partial charge < -0.3 is 9.80 Å². The van der Waals surface area contributed by atoms with Crippen molar-refractivity contribution in [2.75, 3.05) is 31.1 Å². The lowest BCUT2D eigenvalue weighted by Gasteiger charge is -2.35. The number of halogens is 1. The average molecular weight is 289 g/mol. The van der Waals surface area contributed by atoms with E-state index in [1.165, 1.54) is 16.8 Å². The molecule has 2 aromatic rings. The van der Waals surface area contributed by atoms with Crippen molar-refractivity contribution in [1.29, 1.82) is 0 Å². The summed E-state index contributed by atoms with van der Waals surface area (Å²) in [5.74, 6) is -0.336. The number of anilines is 1. The van der Waals surface area contributed by atoms with Gasteiger partial charge >= 0.3 is 0 Å². The Balaban J connectivity index is 1.62. The van der Waals surface area contributed by atoms with Gasteiger partial charge in [-0.05, 0) is 24.3 Å². The zero-order chi connectivity index (χ0) is 14.8. The normalized spacial score (nSPS) is 15.3. The van der Waals surface area contributed by atoms with Crippen LogP contribution in [0.5, 0.6) is 0 Å². The van der Waals surface area contributed by atoms with Crippen LogP contribution in [0.2, 0.25) is 0 Å². The van der Waals surface area contributed by atoms with Crippen LogP contribution in [0.3, 0.4) is 0 Å². The van der Waals surface area contributed by atoms with Crippen molar-refractivity contribution in [2.45, 2.75) is 0 Å². The molecule has 1 aromatic heterocycles. The molecule has 1 aromatic carbocycles. The van der Waals surface area contributed by atoms with Gasteiger partial charge in [0.05, 0.1) is 6.20 Å².